The Balaban J connectivity index is 1.54. The fourth-order valence-corrected chi connectivity index (χ4v) is 8.02. The minimum Gasteiger partial charge on any atom is -0.381 e. The van der Waals surface area contributed by atoms with Crippen molar-refractivity contribution in [1.82, 2.24) is 5.32 Å². The van der Waals surface area contributed by atoms with E-state index in [1.807, 2.05) is 11.3 Å². The fraction of sp³-hybridized carbons (Fsp3) is 0.154. The van der Waals surface area contributed by atoms with Gasteiger partial charge in [0, 0.05) is 20.2 Å². The molecular formula is C26H25NSSi. The third kappa shape index (κ3) is 3.05. The zero-order chi connectivity index (χ0) is 20.0. The smallest absolute Gasteiger partial charge is 0.114 e. The van der Waals surface area contributed by atoms with Crippen LogP contribution in [0.2, 0.25) is 13.1 Å². The molecule has 1 aliphatic rings. The number of rotatable bonds is 3. The van der Waals surface area contributed by atoms with E-state index in [1.54, 1.807) is 0 Å². The number of allylic oxidation sites excluding steroid dienone is 2. The first-order valence-corrected chi connectivity index (χ1v) is 14.0. The molecule has 0 spiro atoms. The van der Waals surface area contributed by atoms with Crippen LogP contribution in [0.1, 0.15) is 17.2 Å². The Morgan fingerprint density at radius 3 is 2.38 bits per heavy atom. The largest absolute Gasteiger partial charge is 0.381 e. The quantitative estimate of drug-likeness (QED) is 0.374. The SMILES string of the molecule is Cc1ccc2c(sc3ccccc32)c1C1C=CC([Si](C)(C)c2ccccc2)=CN1. The highest BCUT2D eigenvalue weighted by atomic mass is 32.1. The van der Waals surface area contributed by atoms with E-state index in [9.17, 15) is 0 Å². The molecule has 0 aliphatic carbocycles. The van der Waals surface area contributed by atoms with Crippen LogP contribution in [0.3, 0.4) is 0 Å². The van der Waals surface area contributed by atoms with Crippen LogP contribution in [-0.2, 0) is 0 Å². The highest BCUT2D eigenvalue weighted by molar-refractivity contribution is 7.26. The average molecular weight is 412 g/mol. The van der Waals surface area contributed by atoms with Gasteiger partial charge in [-0.2, -0.15) is 0 Å². The van der Waals surface area contributed by atoms with E-state index >= 15 is 0 Å². The monoisotopic (exact) mass is 411 g/mol. The summed E-state index contributed by atoms with van der Waals surface area (Å²) in [6.07, 6.45) is 7.00. The number of thiophene rings is 1. The summed E-state index contributed by atoms with van der Waals surface area (Å²) < 4.78 is 2.77. The van der Waals surface area contributed by atoms with Gasteiger partial charge in [0.2, 0.25) is 0 Å². The van der Waals surface area contributed by atoms with E-state index in [2.05, 4.69) is 110 Å². The average Bonchev–Trinajstić information content (AvgIpc) is 3.13. The van der Waals surface area contributed by atoms with Crippen LogP contribution < -0.4 is 10.5 Å². The lowest BCUT2D eigenvalue weighted by molar-refractivity contribution is 0.745. The van der Waals surface area contributed by atoms with Crippen molar-refractivity contribution in [1.29, 1.82) is 0 Å². The lowest BCUT2D eigenvalue weighted by Gasteiger charge is -2.29. The van der Waals surface area contributed by atoms with Gasteiger partial charge in [-0.25, -0.2) is 0 Å². The van der Waals surface area contributed by atoms with Crippen molar-refractivity contribution in [3.8, 4) is 0 Å². The van der Waals surface area contributed by atoms with Crippen molar-refractivity contribution in [3.05, 3.63) is 101 Å². The Kier molecular flexibility index (Phi) is 4.45. The Hall–Kier alpha value is -2.62. The van der Waals surface area contributed by atoms with E-state index in [0.717, 1.165) is 0 Å². The van der Waals surface area contributed by atoms with E-state index in [1.165, 1.54) is 41.7 Å². The van der Waals surface area contributed by atoms with Crippen LogP contribution in [-0.4, -0.2) is 8.07 Å². The molecule has 0 saturated heterocycles. The predicted octanol–water partition coefficient (Wildman–Crippen LogP) is 6.60. The van der Waals surface area contributed by atoms with Gasteiger partial charge in [-0.3, -0.25) is 0 Å². The second kappa shape index (κ2) is 7.01. The minimum absolute atomic E-state index is 0.219. The third-order valence-corrected chi connectivity index (χ3v) is 11.0. The fourth-order valence-electron chi connectivity index (χ4n) is 4.37. The molecule has 0 amide bonds. The molecule has 4 aromatic rings. The topological polar surface area (TPSA) is 12.0 Å². The summed E-state index contributed by atoms with van der Waals surface area (Å²) in [5.41, 5.74) is 2.76. The lowest BCUT2D eigenvalue weighted by Crippen LogP contribution is -2.44. The molecule has 2 heterocycles. The molecule has 1 atom stereocenters. The highest BCUT2D eigenvalue weighted by Gasteiger charge is 2.29. The van der Waals surface area contributed by atoms with E-state index in [-0.39, 0.29) is 6.04 Å². The molecule has 1 aliphatic heterocycles. The second-order valence-electron chi connectivity index (χ2n) is 8.37. The molecule has 0 radical (unpaired) electrons. The minimum atomic E-state index is -1.69. The summed E-state index contributed by atoms with van der Waals surface area (Å²) in [6.45, 7) is 7.09. The molecule has 3 heteroatoms. The van der Waals surface area contributed by atoms with E-state index in [0.29, 0.717) is 0 Å². The lowest BCUT2D eigenvalue weighted by atomic mass is 9.97. The molecule has 3 aromatic carbocycles. The van der Waals surface area contributed by atoms with Crippen molar-refractivity contribution in [2.75, 3.05) is 0 Å². The summed E-state index contributed by atoms with van der Waals surface area (Å²) in [5.74, 6) is 0. The summed E-state index contributed by atoms with van der Waals surface area (Å²) in [7, 11) is -1.69. The number of nitrogens with one attached hydrogen (secondary N) is 1. The number of fused-ring (bicyclic) bond motifs is 3. The second-order valence-corrected chi connectivity index (χ2v) is 13.8. The van der Waals surface area contributed by atoms with Gasteiger partial charge in [0.15, 0.2) is 0 Å². The molecular weight excluding hydrogens is 386 g/mol. The zero-order valence-electron chi connectivity index (χ0n) is 17.1. The van der Waals surface area contributed by atoms with Crippen LogP contribution >= 0.6 is 11.3 Å². The van der Waals surface area contributed by atoms with Gasteiger partial charge in [0.25, 0.3) is 0 Å². The zero-order valence-corrected chi connectivity index (χ0v) is 18.9. The van der Waals surface area contributed by atoms with Crippen LogP contribution in [0.15, 0.2) is 90.3 Å². The molecule has 1 unspecified atom stereocenters. The predicted molar refractivity (Wildman–Crippen MR) is 131 cm³/mol. The molecule has 1 N–H and O–H groups in total. The molecule has 29 heavy (non-hydrogen) atoms. The standard InChI is InChI=1S/C26H25NSSi/c1-18-13-15-22-21-11-7-8-12-24(21)28-26(22)25(18)23-16-14-20(17-27-23)29(2,3)19-9-5-4-6-10-19/h4-17,23,27H,1-3H3. The number of dihydropyridines is 1. The Morgan fingerprint density at radius 2 is 1.62 bits per heavy atom. The van der Waals surface area contributed by atoms with Crippen LogP contribution in [0.25, 0.3) is 20.2 Å². The number of aryl methyl sites for hydroxylation is 1. The first kappa shape index (κ1) is 18.4. The summed E-state index contributed by atoms with van der Waals surface area (Å²) in [4.78, 5) is 0. The van der Waals surface area contributed by atoms with Gasteiger partial charge in [-0.05, 0) is 35.5 Å². The maximum Gasteiger partial charge on any atom is 0.114 e. The van der Waals surface area contributed by atoms with Crippen molar-refractivity contribution in [3.63, 3.8) is 0 Å². The Morgan fingerprint density at radius 1 is 0.862 bits per heavy atom. The van der Waals surface area contributed by atoms with Gasteiger partial charge in [0.05, 0.1) is 6.04 Å². The summed E-state index contributed by atoms with van der Waals surface area (Å²) >= 11 is 1.91. The van der Waals surface area contributed by atoms with E-state index < -0.39 is 8.07 Å². The number of hydrogen-bond acceptors (Lipinski definition) is 2. The maximum absolute atomic E-state index is 3.73. The van der Waals surface area contributed by atoms with Gasteiger partial charge < -0.3 is 5.32 Å². The van der Waals surface area contributed by atoms with Gasteiger partial charge in [-0.1, -0.05) is 91.1 Å². The molecule has 0 saturated carbocycles. The normalized spacial score (nSPS) is 16.8. The van der Waals surface area contributed by atoms with Crippen LogP contribution in [0.4, 0.5) is 0 Å². The van der Waals surface area contributed by atoms with Crippen molar-refractivity contribution >= 4 is 44.8 Å². The van der Waals surface area contributed by atoms with Gasteiger partial charge in [0.1, 0.15) is 8.07 Å². The van der Waals surface area contributed by atoms with Crippen molar-refractivity contribution in [2.24, 2.45) is 0 Å². The van der Waals surface area contributed by atoms with Gasteiger partial charge in [-0.15, -0.1) is 11.3 Å². The van der Waals surface area contributed by atoms with Crippen LogP contribution in [0.5, 0.6) is 0 Å². The molecule has 1 aromatic heterocycles. The molecule has 5 rings (SSSR count). The maximum atomic E-state index is 3.73. The number of benzene rings is 3. The third-order valence-electron chi connectivity index (χ3n) is 6.22. The van der Waals surface area contributed by atoms with E-state index in [4.69, 9.17) is 0 Å². The summed E-state index contributed by atoms with van der Waals surface area (Å²) in [6, 6.07) is 24.5. The van der Waals surface area contributed by atoms with Crippen LogP contribution in [0, 0.1) is 6.92 Å². The van der Waals surface area contributed by atoms with Crippen molar-refractivity contribution < 1.29 is 0 Å². The Labute approximate surface area is 177 Å². The van der Waals surface area contributed by atoms with Gasteiger partial charge >= 0.3 is 0 Å². The molecule has 0 bridgehead atoms. The van der Waals surface area contributed by atoms with Crippen molar-refractivity contribution in [2.45, 2.75) is 26.1 Å². The Bertz CT molecular complexity index is 1260. The molecule has 1 nitrogen and oxygen atoms in total. The number of hydrogen-bond donors (Lipinski definition) is 1. The molecule has 0 fully saturated rings. The highest BCUT2D eigenvalue weighted by Crippen LogP contribution is 2.40. The summed E-state index contributed by atoms with van der Waals surface area (Å²) in [5, 5.41) is 9.38. The first-order chi connectivity index (χ1) is 14.1. The molecule has 144 valence electrons. The first-order valence-electron chi connectivity index (χ1n) is 10.2.